The summed E-state index contributed by atoms with van der Waals surface area (Å²) in [4.78, 5) is 46.7. The van der Waals surface area contributed by atoms with Gasteiger partial charge in [-0.15, -0.1) is 0 Å². The Morgan fingerprint density at radius 2 is 1.58 bits per heavy atom. The zero-order valence-corrected chi connectivity index (χ0v) is 16.3. The average molecular weight is 392 g/mol. The highest BCUT2D eigenvalue weighted by Gasteiger charge is 2.22. The largest absolute Gasteiger partial charge is 0.462 e. The first kappa shape index (κ1) is 24.0. The van der Waals surface area contributed by atoms with Crippen LogP contribution in [0.2, 0.25) is 0 Å². The van der Waals surface area contributed by atoms with Crippen LogP contribution < -0.4 is 21.7 Å². The minimum Gasteiger partial charge on any atom is -0.462 e. The number of thiol groups is 1. The Morgan fingerprint density at radius 3 is 2.08 bits per heavy atom. The van der Waals surface area contributed by atoms with Crippen molar-refractivity contribution in [1.82, 2.24) is 16.0 Å². The summed E-state index contributed by atoms with van der Waals surface area (Å²) in [6.45, 7) is 6.23. The number of urea groups is 1. The first-order chi connectivity index (χ1) is 12.1. The van der Waals surface area contributed by atoms with Gasteiger partial charge in [-0.3, -0.25) is 14.4 Å². The van der Waals surface area contributed by atoms with Gasteiger partial charge in [0.15, 0.2) is 0 Å². The van der Waals surface area contributed by atoms with E-state index in [2.05, 4.69) is 28.6 Å². The highest BCUT2D eigenvalue weighted by molar-refractivity contribution is 7.80. The molecular weight excluding hydrogens is 364 g/mol. The lowest BCUT2D eigenvalue weighted by Crippen LogP contribution is -2.54. The number of ether oxygens (including phenoxy) is 2. The smallest absolute Gasteiger partial charge is 0.325 e. The quantitative estimate of drug-likeness (QED) is 0.235. The normalized spacial score (nSPS) is 12.9. The van der Waals surface area contributed by atoms with Gasteiger partial charge in [0.2, 0.25) is 5.91 Å². The molecule has 0 aliphatic rings. The molecule has 11 heteroatoms. The van der Waals surface area contributed by atoms with E-state index in [9.17, 15) is 19.2 Å². The lowest BCUT2D eigenvalue weighted by molar-refractivity contribution is -0.149. The van der Waals surface area contributed by atoms with Gasteiger partial charge in [0, 0.05) is 12.3 Å². The fourth-order valence-corrected chi connectivity index (χ4v) is 1.85. The molecule has 0 heterocycles. The van der Waals surface area contributed by atoms with Crippen molar-refractivity contribution >= 4 is 36.5 Å². The van der Waals surface area contributed by atoms with Gasteiger partial charge >= 0.3 is 18.0 Å². The first-order valence-corrected chi connectivity index (χ1v) is 8.78. The number of carbonyl (C=O) groups is 4. The summed E-state index contributed by atoms with van der Waals surface area (Å²) in [5.74, 6) is -1.84. The second-order valence-corrected chi connectivity index (χ2v) is 6.30. The van der Waals surface area contributed by atoms with Crippen LogP contribution in [0, 0.1) is 0 Å². The number of nitrogens with two attached hydrogens (primary N) is 1. The second kappa shape index (κ2) is 12.4. The first-order valence-electron chi connectivity index (χ1n) is 8.15. The molecule has 0 bridgehead atoms. The minimum atomic E-state index is -1.03. The molecule has 5 N–H and O–H groups in total. The highest BCUT2D eigenvalue weighted by atomic mass is 32.1. The third-order valence-electron chi connectivity index (χ3n) is 2.72. The predicted molar refractivity (Wildman–Crippen MR) is 97.6 cm³/mol. The van der Waals surface area contributed by atoms with Gasteiger partial charge < -0.3 is 31.2 Å². The average Bonchev–Trinajstić information content (AvgIpc) is 2.53. The van der Waals surface area contributed by atoms with Crippen LogP contribution >= 0.6 is 12.6 Å². The fraction of sp³-hybridized carbons (Fsp3) is 0.733. The van der Waals surface area contributed by atoms with E-state index in [1.54, 1.807) is 27.7 Å². The van der Waals surface area contributed by atoms with Crippen LogP contribution in [0.4, 0.5) is 4.79 Å². The Kier molecular flexibility index (Phi) is 11.4. The number of hydrogen-bond donors (Lipinski definition) is 5. The van der Waals surface area contributed by atoms with Crippen LogP contribution in [0.15, 0.2) is 0 Å². The van der Waals surface area contributed by atoms with Gasteiger partial charge in [-0.05, 0) is 27.7 Å². The lowest BCUT2D eigenvalue weighted by Gasteiger charge is -2.18. The summed E-state index contributed by atoms with van der Waals surface area (Å²) in [7, 11) is 0. The molecule has 10 nitrogen and oxygen atoms in total. The number of rotatable bonds is 10. The topological polar surface area (TPSA) is 149 Å². The molecule has 3 amide bonds. The van der Waals surface area contributed by atoms with E-state index in [1.807, 2.05) is 0 Å². The van der Waals surface area contributed by atoms with Gasteiger partial charge in [-0.25, -0.2) is 4.79 Å². The Hall–Kier alpha value is -2.01. The molecule has 0 aliphatic carbocycles. The third kappa shape index (κ3) is 10.8. The summed E-state index contributed by atoms with van der Waals surface area (Å²) in [5.41, 5.74) is 5.59. The van der Waals surface area contributed by atoms with Gasteiger partial charge in [-0.2, -0.15) is 12.6 Å². The predicted octanol–water partition coefficient (Wildman–Crippen LogP) is -1.07. The number of amides is 3. The van der Waals surface area contributed by atoms with E-state index in [4.69, 9.17) is 15.2 Å². The van der Waals surface area contributed by atoms with E-state index >= 15 is 0 Å². The Bertz CT molecular complexity index is 501. The molecule has 150 valence electrons. The summed E-state index contributed by atoms with van der Waals surface area (Å²) < 4.78 is 9.79. The van der Waals surface area contributed by atoms with E-state index in [0.29, 0.717) is 0 Å². The van der Waals surface area contributed by atoms with Crippen LogP contribution in [0.3, 0.4) is 0 Å². The summed E-state index contributed by atoms with van der Waals surface area (Å²) in [5, 5.41) is 7.08. The van der Waals surface area contributed by atoms with Crippen molar-refractivity contribution < 1.29 is 28.7 Å². The number of esters is 2. The maximum Gasteiger partial charge on any atom is 0.325 e. The molecule has 0 spiro atoms. The van der Waals surface area contributed by atoms with Crippen molar-refractivity contribution in [2.45, 2.75) is 52.0 Å². The molecule has 0 saturated carbocycles. The molecular formula is C15H28N4O6S. The van der Waals surface area contributed by atoms with E-state index < -0.39 is 36.0 Å². The van der Waals surface area contributed by atoms with Crippen LogP contribution in [-0.4, -0.2) is 67.0 Å². The number of nitrogens with one attached hydrogen (secondary N) is 3. The molecule has 0 aromatic carbocycles. The highest BCUT2D eigenvalue weighted by Crippen LogP contribution is 1.93. The fourth-order valence-electron chi connectivity index (χ4n) is 1.60. The second-order valence-electron chi connectivity index (χ2n) is 5.94. The molecule has 2 atom stereocenters. The lowest BCUT2D eigenvalue weighted by atomic mass is 10.3. The van der Waals surface area contributed by atoms with Gasteiger partial charge in [0.1, 0.15) is 18.6 Å². The van der Waals surface area contributed by atoms with Crippen molar-refractivity contribution in [3.63, 3.8) is 0 Å². The summed E-state index contributed by atoms with van der Waals surface area (Å²) >= 11 is 3.99. The van der Waals surface area contributed by atoms with Crippen LogP contribution in [0.5, 0.6) is 0 Å². The molecule has 0 fully saturated rings. The monoisotopic (exact) mass is 392 g/mol. The van der Waals surface area contributed by atoms with Gasteiger partial charge in [0.25, 0.3) is 0 Å². The molecule has 0 rings (SSSR count). The molecule has 26 heavy (non-hydrogen) atoms. The molecule has 1 unspecified atom stereocenters. The van der Waals surface area contributed by atoms with Crippen molar-refractivity contribution in [3.05, 3.63) is 0 Å². The maximum absolute atomic E-state index is 12.0. The van der Waals surface area contributed by atoms with E-state index in [1.165, 1.54) is 0 Å². The van der Waals surface area contributed by atoms with Gasteiger partial charge in [0.05, 0.1) is 12.2 Å². The van der Waals surface area contributed by atoms with Crippen molar-refractivity contribution in [1.29, 1.82) is 0 Å². The van der Waals surface area contributed by atoms with Crippen molar-refractivity contribution in [2.24, 2.45) is 5.73 Å². The Balaban J connectivity index is 4.31. The summed E-state index contributed by atoms with van der Waals surface area (Å²) in [6, 6.07) is -2.72. The molecule has 0 aliphatic heterocycles. The van der Waals surface area contributed by atoms with E-state index in [-0.39, 0.29) is 31.1 Å². The van der Waals surface area contributed by atoms with Gasteiger partial charge in [-0.1, -0.05) is 0 Å². The summed E-state index contributed by atoms with van der Waals surface area (Å²) in [6.07, 6.45) is -0.613. The molecule has 0 aromatic rings. The zero-order chi connectivity index (χ0) is 20.3. The molecule has 0 radical (unpaired) electrons. The van der Waals surface area contributed by atoms with Crippen LogP contribution in [-0.2, 0) is 23.9 Å². The Labute approximate surface area is 158 Å². The molecule has 0 saturated heterocycles. The standard InChI is InChI=1S/C15H28N4O6S/c1-8(2)24-12(20)6-17-13(21)11(7-26)19-15(23)18-5-10(16)14(22)25-9(3)4/h8-11,26H,5-7,16H2,1-4H3,(H,17,21)(H2,18,19,23)/t10-,11?/m0/s1. The number of hydrogen-bond acceptors (Lipinski definition) is 8. The molecule has 0 aromatic heterocycles. The van der Waals surface area contributed by atoms with Crippen molar-refractivity contribution in [2.75, 3.05) is 18.8 Å². The zero-order valence-electron chi connectivity index (χ0n) is 15.4. The van der Waals surface area contributed by atoms with Crippen LogP contribution in [0.1, 0.15) is 27.7 Å². The number of carbonyl (C=O) groups excluding carboxylic acids is 4. The third-order valence-corrected chi connectivity index (χ3v) is 3.08. The van der Waals surface area contributed by atoms with Crippen LogP contribution in [0.25, 0.3) is 0 Å². The minimum absolute atomic E-state index is 0.0000732. The Morgan fingerprint density at radius 1 is 1.00 bits per heavy atom. The van der Waals surface area contributed by atoms with Crippen molar-refractivity contribution in [3.8, 4) is 0 Å². The van der Waals surface area contributed by atoms with E-state index in [0.717, 1.165) is 0 Å². The maximum atomic E-state index is 12.0. The SMILES string of the molecule is CC(C)OC(=O)CNC(=O)C(CS)NC(=O)NC[C@H](N)C(=O)OC(C)C.